The van der Waals surface area contributed by atoms with E-state index in [-0.39, 0.29) is 11.5 Å². The second-order valence-electron chi connectivity index (χ2n) is 4.41. The number of nitrogens with zero attached hydrogens (tertiary/aromatic N) is 1. The minimum absolute atomic E-state index is 0.132. The molecule has 0 fully saturated rings. The first-order chi connectivity index (χ1) is 8.79. The fourth-order valence-corrected chi connectivity index (χ4v) is 2.93. The van der Waals surface area contributed by atoms with E-state index in [0.29, 0.717) is 9.48 Å². The predicted octanol–water partition coefficient (Wildman–Crippen LogP) is 5.71. The van der Waals surface area contributed by atoms with Gasteiger partial charge in [-0.25, -0.2) is 4.98 Å². The Labute approximate surface area is 121 Å². The molecule has 6 heteroatoms. The van der Waals surface area contributed by atoms with E-state index in [2.05, 4.69) is 20.9 Å². The van der Waals surface area contributed by atoms with Crippen LogP contribution < -0.4 is 0 Å². The molecule has 102 valence electrons. The summed E-state index contributed by atoms with van der Waals surface area (Å²) in [6.45, 7) is 3.98. The van der Waals surface area contributed by atoms with E-state index in [4.69, 9.17) is 0 Å². The van der Waals surface area contributed by atoms with Crippen LogP contribution in [0.3, 0.4) is 0 Å². The fraction of sp³-hybridized carbons (Fsp3) is 0.308. The van der Waals surface area contributed by atoms with Crippen molar-refractivity contribution in [2.45, 2.75) is 25.9 Å². The van der Waals surface area contributed by atoms with E-state index >= 15 is 0 Å². The van der Waals surface area contributed by atoms with Gasteiger partial charge in [0.2, 0.25) is 0 Å². The average Bonchev–Trinajstić information content (AvgIpc) is 2.77. The molecule has 19 heavy (non-hydrogen) atoms. The van der Waals surface area contributed by atoms with E-state index in [0.717, 1.165) is 10.9 Å². The zero-order valence-electron chi connectivity index (χ0n) is 10.3. The summed E-state index contributed by atoms with van der Waals surface area (Å²) in [5, 5.41) is 0.406. The quantitative estimate of drug-likeness (QED) is 0.676. The number of halogens is 4. The maximum Gasteiger partial charge on any atom is 0.417 e. The molecule has 0 spiro atoms. The molecule has 0 amide bonds. The molecule has 1 nitrogen and oxygen atoms in total. The highest BCUT2D eigenvalue weighted by Crippen LogP contribution is 2.40. The normalized spacial score (nSPS) is 12.2. The Hall–Kier alpha value is -0.880. The summed E-state index contributed by atoms with van der Waals surface area (Å²) in [6, 6.07) is 4.14. The monoisotopic (exact) mass is 349 g/mol. The summed E-state index contributed by atoms with van der Waals surface area (Å²) in [4.78, 5) is 5.09. The van der Waals surface area contributed by atoms with Crippen molar-refractivity contribution < 1.29 is 13.2 Å². The first kappa shape index (κ1) is 14.5. The Morgan fingerprint density at radius 2 is 1.95 bits per heavy atom. The lowest BCUT2D eigenvalue weighted by Gasteiger charge is -2.11. The van der Waals surface area contributed by atoms with Gasteiger partial charge in [0.25, 0.3) is 0 Å². The molecule has 1 heterocycles. The summed E-state index contributed by atoms with van der Waals surface area (Å²) >= 11 is 4.38. The Balaban J connectivity index is 2.55. The molecule has 0 saturated carbocycles. The van der Waals surface area contributed by atoms with Crippen LogP contribution in [-0.4, -0.2) is 4.98 Å². The van der Waals surface area contributed by atoms with Crippen LogP contribution in [0.5, 0.6) is 0 Å². The van der Waals surface area contributed by atoms with Crippen molar-refractivity contribution in [3.8, 4) is 10.6 Å². The average molecular weight is 350 g/mol. The van der Waals surface area contributed by atoms with Crippen molar-refractivity contribution in [3.63, 3.8) is 0 Å². The lowest BCUT2D eigenvalue weighted by atomic mass is 10.1. The van der Waals surface area contributed by atoms with Crippen LogP contribution in [-0.2, 0) is 6.18 Å². The van der Waals surface area contributed by atoms with E-state index in [1.165, 1.54) is 17.4 Å². The second-order valence-corrected chi connectivity index (χ2v) is 6.39. The van der Waals surface area contributed by atoms with Gasteiger partial charge in [-0.2, -0.15) is 13.2 Å². The molecule has 0 aliphatic rings. The van der Waals surface area contributed by atoms with Crippen LogP contribution in [0.1, 0.15) is 30.2 Å². The minimum atomic E-state index is -4.39. The van der Waals surface area contributed by atoms with Crippen LogP contribution in [0.25, 0.3) is 10.6 Å². The molecule has 2 aromatic rings. The molecule has 0 unspecified atom stereocenters. The van der Waals surface area contributed by atoms with Crippen molar-refractivity contribution in [1.29, 1.82) is 0 Å². The highest BCUT2D eigenvalue weighted by atomic mass is 79.9. The molecule has 0 aliphatic heterocycles. The number of rotatable bonds is 2. The van der Waals surface area contributed by atoms with E-state index in [1.54, 1.807) is 12.3 Å². The SMILES string of the molecule is CC(C)c1cnc(-c2ccc(Br)cc2C(F)(F)F)s1. The van der Waals surface area contributed by atoms with Crippen molar-refractivity contribution in [2.24, 2.45) is 0 Å². The van der Waals surface area contributed by atoms with Crippen LogP contribution in [0, 0.1) is 0 Å². The van der Waals surface area contributed by atoms with Crippen molar-refractivity contribution in [1.82, 2.24) is 4.98 Å². The molecule has 0 atom stereocenters. The van der Waals surface area contributed by atoms with Gasteiger partial charge in [-0.3, -0.25) is 0 Å². The number of hydrogen-bond donors (Lipinski definition) is 0. The largest absolute Gasteiger partial charge is 0.417 e. The molecule has 1 aromatic carbocycles. The summed E-state index contributed by atoms with van der Waals surface area (Å²) in [6.07, 6.45) is -2.74. The Kier molecular flexibility index (Phi) is 4.01. The highest BCUT2D eigenvalue weighted by molar-refractivity contribution is 9.10. The maximum atomic E-state index is 13.0. The Morgan fingerprint density at radius 1 is 1.26 bits per heavy atom. The first-order valence-electron chi connectivity index (χ1n) is 5.62. The summed E-state index contributed by atoms with van der Waals surface area (Å²) in [7, 11) is 0. The fourth-order valence-electron chi connectivity index (χ4n) is 1.62. The summed E-state index contributed by atoms with van der Waals surface area (Å²) in [5.74, 6) is 0.260. The van der Waals surface area contributed by atoms with Gasteiger partial charge in [0.15, 0.2) is 0 Å². The van der Waals surface area contributed by atoms with E-state index < -0.39 is 11.7 Å². The molecule has 0 bridgehead atoms. The van der Waals surface area contributed by atoms with Crippen LogP contribution >= 0.6 is 27.3 Å². The first-order valence-corrected chi connectivity index (χ1v) is 7.23. The van der Waals surface area contributed by atoms with Gasteiger partial charge < -0.3 is 0 Å². The van der Waals surface area contributed by atoms with Gasteiger partial charge in [0.05, 0.1) is 5.56 Å². The molecular weight excluding hydrogens is 339 g/mol. The molecular formula is C13H11BrF3NS. The lowest BCUT2D eigenvalue weighted by molar-refractivity contribution is -0.137. The van der Waals surface area contributed by atoms with Crippen molar-refractivity contribution in [2.75, 3.05) is 0 Å². The van der Waals surface area contributed by atoms with Gasteiger partial charge in [-0.15, -0.1) is 11.3 Å². The van der Waals surface area contributed by atoms with Gasteiger partial charge in [-0.1, -0.05) is 35.8 Å². The van der Waals surface area contributed by atoms with E-state index in [1.807, 2.05) is 13.8 Å². The van der Waals surface area contributed by atoms with Gasteiger partial charge >= 0.3 is 6.18 Å². The van der Waals surface area contributed by atoms with Crippen LogP contribution in [0.15, 0.2) is 28.9 Å². The van der Waals surface area contributed by atoms with Crippen LogP contribution in [0.2, 0.25) is 0 Å². The zero-order valence-corrected chi connectivity index (χ0v) is 12.7. The number of alkyl halides is 3. The molecule has 2 rings (SSSR count). The highest BCUT2D eigenvalue weighted by Gasteiger charge is 2.34. The van der Waals surface area contributed by atoms with Gasteiger partial charge in [0, 0.05) is 21.1 Å². The third-order valence-electron chi connectivity index (χ3n) is 2.61. The Bertz CT molecular complexity index is 590. The standard InChI is InChI=1S/C13H11BrF3NS/c1-7(2)11-6-18-12(19-11)9-4-3-8(14)5-10(9)13(15,16)17/h3-7H,1-2H3. The molecule has 0 radical (unpaired) electrons. The number of hydrogen-bond acceptors (Lipinski definition) is 2. The minimum Gasteiger partial charge on any atom is -0.244 e. The summed E-state index contributed by atoms with van der Waals surface area (Å²) in [5.41, 5.74) is -0.529. The predicted molar refractivity (Wildman–Crippen MR) is 74.3 cm³/mol. The number of benzene rings is 1. The van der Waals surface area contributed by atoms with Crippen LogP contribution in [0.4, 0.5) is 13.2 Å². The maximum absolute atomic E-state index is 13.0. The lowest BCUT2D eigenvalue weighted by Crippen LogP contribution is -2.07. The third kappa shape index (κ3) is 3.17. The van der Waals surface area contributed by atoms with Gasteiger partial charge in [0.1, 0.15) is 5.01 Å². The Morgan fingerprint density at radius 3 is 2.47 bits per heavy atom. The van der Waals surface area contributed by atoms with Crippen molar-refractivity contribution >= 4 is 27.3 Å². The molecule has 0 N–H and O–H groups in total. The molecule has 0 saturated heterocycles. The zero-order chi connectivity index (χ0) is 14.2. The topological polar surface area (TPSA) is 12.9 Å². The smallest absolute Gasteiger partial charge is 0.244 e. The molecule has 1 aromatic heterocycles. The molecule has 0 aliphatic carbocycles. The number of aromatic nitrogens is 1. The van der Waals surface area contributed by atoms with Crippen molar-refractivity contribution in [3.05, 3.63) is 39.3 Å². The third-order valence-corrected chi connectivity index (χ3v) is 4.43. The summed E-state index contributed by atoms with van der Waals surface area (Å²) < 4.78 is 39.5. The number of thiazole rings is 1. The van der Waals surface area contributed by atoms with Gasteiger partial charge in [-0.05, 0) is 18.1 Å². The second kappa shape index (κ2) is 5.25. The van der Waals surface area contributed by atoms with E-state index in [9.17, 15) is 13.2 Å².